The zero-order chi connectivity index (χ0) is 22.0. The molecule has 0 saturated heterocycles. The molecule has 1 amide bonds. The molecular weight excluding hydrogens is 390 g/mol. The molecule has 0 aliphatic carbocycles. The van der Waals surface area contributed by atoms with Crippen molar-refractivity contribution in [3.63, 3.8) is 0 Å². The Kier molecular flexibility index (Phi) is 5.77. The Morgan fingerprint density at radius 2 is 1.77 bits per heavy atom. The number of carboxylic acids is 1. The topological polar surface area (TPSA) is 126 Å². The van der Waals surface area contributed by atoms with E-state index < -0.39 is 23.5 Å². The van der Waals surface area contributed by atoms with Crippen molar-refractivity contribution in [2.75, 3.05) is 7.11 Å². The number of aliphatic carboxylic acids is 1. The summed E-state index contributed by atoms with van der Waals surface area (Å²) < 4.78 is 10.7. The van der Waals surface area contributed by atoms with E-state index in [0.29, 0.717) is 33.4 Å². The number of aryl methyl sites for hydroxylation is 2. The van der Waals surface area contributed by atoms with Crippen LogP contribution in [0.5, 0.6) is 11.5 Å². The first kappa shape index (κ1) is 20.9. The number of fused-ring (bicyclic) bond motifs is 1. The quantitative estimate of drug-likeness (QED) is 0.532. The van der Waals surface area contributed by atoms with Gasteiger partial charge in [0, 0.05) is 10.9 Å². The van der Waals surface area contributed by atoms with Gasteiger partial charge in [0.25, 0.3) is 0 Å². The van der Waals surface area contributed by atoms with Gasteiger partial charge in [0.1, 0.15) is 17.1 Å². The van der Waals surface area contributed by atoms with E-state index in [1.807, 2.05) is 0 Å². The fourth-order valence-electron chi connectivity index (χ4n) is 3.32. The van der Waals surface area contributed by atoms with Crippen LogP contribution in [0.15, 0.2) is 45.6 Å². The highest BCUT2D eigenvalue weighted by Crippen LogP contribution is 2.29. The molecule has 0 saturated carbocycles. The van der Waals surface area contributed by atoms with Crippen LogP contribution < -0.4 is 15.7 Å². The van der Waals surface area contributed by atoms with Gasteiger partial charge in [-0.05, 0) is 49.2 Å². The Hall–Kier alpha value is -3.81. The predicted octanol–water partition coefficient (Wildman–Crippen LogP) is 2.61. The number of hydrogen-bond acceptors (Lipinski definition) is 6. The Bertz CT molecular complexity index is 1180. The first-order chi connectivity index (χ1) is 14.2. The molecule has 0 spiro atoms. The highest BCUT2D eigenvalue weighted by molar-refractivity contribution is 5.89. The molecule has 8 heteroatoms. The number of amides is 1. The summed E-state index contributed by atoms with van der Waals surface area (Å²) in [6.07, 6.45) is -0.336. The molecule has 1 aromatic heterocycles. The molecule has 1 atom stereocenters. The highest BCUT2D eigenvalue weighted by Gasteiger charge is 2.24. The maximum Gasteiger partial charge on any atom is 0.340 e. The number of benzene rings is 2. The van der Waals surface area contributed by atoms with E-state index in [0.717, 1.165) is 0 Å². The van der Waals surface area contributed by atoms with E-state index in [9.17, 15) is 24.6 Å². The number of aromatic hydroxyl groups is 1. The average Bonchev–Trinajstić information content (AvgIpc) is 2.71. The number of carbonyl (C=O) groups is 2. The summed E-state index contributed by atoms with van der Waals surface area (Å²) in [5.41, 5.74) is 1.41. The number of carbonyl (C=O) groups excluding carboxylic acids is 1. The zero-order valence-corrected chi connectivity index (χ0v) is 16.7. The number of carboxylic acid groups (broad SMARTS) is 1. The first-order valence-corrected chi connectivity index (χ1v) is 9.14. The van der Waals surface area contributed by atoms with Crippen LogP contribution in [0.4, 0.5) is 0 Å². The monoisotopic (exact) mass is 411 g/mol. The molecule has 0 unspecified atom stereocenters. The molecule has 2 aromatic carbocycles. The second kappa shape index (κ2) is 8.28. The van der Waals surface area contributed by atoms with Gasteiger partial charge in [-0.3, -0.25) is 4.79 Å². The summed E-state index contributed by atoms with van der Waals surface area (Å²) in [5, 5.41) is 21.9. The molecule has 156 valence electrons. The number of rotatable bonds is 6. The van der Waals surface area contributed by atoms with E-state index in [1.165, 1.54) is 31.4 Å². The van der Waals surface area contributed by atoms with Gasteiger partial charge >= 0.3 is 11.6 Å². The van der Waals surface area contributed by atoms with Crippen LogP contribution in [0.25, 0.3) is 11.0 Å². The largest absolute Gasteiger partial charge is 0.508 e. The van der Waals surface area contributed by atoms with Gasteiger partial charge in [0.15, 0.2) is 6.04 Å². The number of ether oxygens (including phenoxy) is 1. The average molecular weight is 411 g/mol. The van der Waals surface area contributed by atoms with Gasteiger partial charge < -0.3 is 24.7 Å². The number of hydrogen-bond donors (Lipinski definition) is 3. The van der Waals surface area contributed by atoms with Crippen molar-refractivity contribution in [3.8, 4) is 11.5 Å². The van der Waals surface area contributed by atoms with Crippen LogP contribution in [-0.2, 0) is 16.0 Å². The Morgan fingerprint density at radius 3 is 2.37 bits per heavy atom. The van der Waals surface area contributed by atoms with Crippen LogP contribution in [-0.4, -0.2) is 29.2 Å². The molecule has 0 aliphatic heterocycles. The molecule has 1 heterocycles. The first-order valence-electron chi connectivity index (χ1n) is 9.14. The summed E-state index contributed by atoms with van der Waals surface area (Å²) in [6, 6.07) is 7.64. The normalized spacial score (nSPS) is 11.8. The SMILES string of the molecule is COc1ccc2c(C)c(CC(=O)N[C@H](C(=O)O)c3ccc(O)cc3)c(=O)oc2c1C. The molecule has 3 rings (SSSR count). The molecular formula is C22H21NO7. The lowest BCUT2D eigenvalue weighted by molar-refractivity contribution is -0.142. The van der Waals surface area contributed by atoms with Crippen molar-refractivity contribution in [2.24, 2.45) is 0 Å². The van der Waals surface area contributed by atoms with E-state index in [-0.39, 0.29) is 17.7 Å². The van der Waals surface area contributed by atoms with Crippen LogP contribution in [0.3, 0.4) is 0 Å². The molecule has 30 heavy (non-hydrogen) atoms. The lowest BCUT2D eigenvalue weighted by Crippen LogP contribution is -2.35. The van der Waals surface area contributed by atoms with Crippen LogP contribution in [0, 0.1) is 13.8 Å². The van der Waals surface area contributed by atoms with Gasteiger partial charge in [-0.1, -0.05) is 12.1 Å². The second-order valence-electron chi connectivity index (χ2n) is 6.87. The summed E-state index contributed by atoms with van der Waals surface area (Å²) in [7, 11) is 1.52. The Morgan fingerprint density at radius 1 is 1.10 bits per heavy atom. The predicted molar refractivity (Wildman–Crippen MR) is 109 cm³/mol. The van der Waals surface area contributed by atoms with Crippen molar-refractivity contribution in [3.05, 3.63) is 69.1 Å². The minimum Gasteiger partial charge on any atom is -0.508 e. The van der Waals surface area contributed by atoms with Gasteiger partial charge in [0.2, 0.25) is 5.91 Å². The van der Waals surface area contributed by atoms with Gasteiger partial charge in [-0.25, -0.2) is 9.59 Å². The molecule has 3 aromatic rings. The van der Waals surface area contributed by atoms with Gasteiger partial charge in [0.05, 0.1) is 19.1 Å². The minimum absolute atomic E-state index is 0.0227. The number of methoxy groups -OCH3 is 1. The Labute approximate surface area is 171 Å². The third kappa shape index (κ3) is 3.98. The smallest absolute Gasteiger partial charge is 0.340 e. The lowest BCUT2D eigenvalue weighted by Gasteiger charge is -2.16. The summed E-state index contributed by atoms with van der Waals surface area (Å²) in [6.45, 7) is 3.48. The van der Waals surface area contributed by atoms with Crippen molar-refractivity contribution in [2.45, 2.75) is 26.3 Å². The molecule has 0 fully saturated rings. The molecule has 0 aliphatic rings. The molecule has 0 bridgehead atoms. The maximum absolute atomic E-state index is 12.6. The van der Waals surface area contributed by atoms with E-state index in [4.69, 9.17) is 9.15 Å². The van der Waals surface area contributed by atoms with Gasteiger partial charge in [-0.15, -0.1) is 0 Å². The fourth-order valence-corrected chi connectivity index (χ4v) is 3.32. The summed E-state index contributed by atoms with van der Waals surface area (Å²) >= 11 is 0. The number of nitrogens with one attached hydrogen (secondary N) is 1. The van der Waals surface area contributed by atoms with Crippen molar-refractivity contribution >= 4 is 22.8 Å². The third-order valence-electron chi connectivity index (χ3n) is 4.99. The van der Waals surface area contributed by atoms with Crippen molar-refractivity contribution < 1.29 is 29.0 Å². The minimum atomic E-state index is -1.32. The van der Waals surface area contributed by atoms with Crippen molar-refractivity contribution in [1.29, 1.82) is 0 Å². The summed E-state index contributed by atoms with van der Waals surface area (Å²) in [4.78, 5) is 36.7. The molecule has 8 nitrogen and oxygen atoms in total. The zero-order valence-electron chi connectivity index (χ0n) is 16.7. The number of phenolic OH excluding ortho intramolecular Hbond substituents is 1. The second-order valence-corrected chi connectivity index (χ2v) is 6.87. The van der Waals surface area contributed by atoms with E-state index in [1.54, 1.807) is 26.0 Å². The fraction of sp³-hybridized carbons (Fsp3) is 0.227. The molecule has 0 radical (unpaired) electrons. The van der Waals surface area contributed by atoms with Crippen LogP contribution in [0.1, 0.15) is 28.3 Å². The van der Waals surface area contributed by atoms with Crippen LogP contribution >= 0.6 is 0 Å². The number of phenols is 1. The van der Waals surface area contributed by atoms with Crippen molar-refractivity contribution in [1.82, 2.24) is 5.32 Å². The lowest BCUT2D eigenvalue weighted by atomic mass is 10.0. The van der Waals surface area contributed by atoms with Crippen LogP contribution in [0.2, 0.25) is 0 Å². The standard InChI is InChI=1S/C22H21NO7/c1-11-15-8-9-17(29-3)12(2)20(15)30-22(28)16(11)10-18(25)23-19(21(26)27)13-4-6-14(24)7-5-13/h4-9,19,24H,10H2,1-3H3,(H,23,25)(H,26,27)/t19-/m0/s1. The van der Waals surface area contributed by atoms with Gasteiger partial charge in [-0.2, -0.15) is 0 Å². The maximum atomic E-state index is 12.6. The highest BCUT2D eigenvalue weighted by atomic mass is 16.5. The van der Waals surface area contributed by atoms with E-state index >= 15 is 0 Å². The third-order valence-corrected chi connectivity index (χ3v) is 4.99. The summed E-state index contributed by atoms with van der Waals surface area (Å²) in [5.74, 6) is -1.35. The van der Waals surface area contributed by atoms with E-state index in [2.05, 4.69) is 5.32 Å². The Balaban J connectivity index is 1.91. The molecule has 3 N–H and O–H groups in total.